The molecule has 0 unspecified atom stereocenters. The molecule has 0 saturated carbocycles. The number of benzene rings is 1. The van der Waals surface area contributed by atoms with Crippen molar-refractivity contribution >= 4 is 22.4 Å². The van der Waals surface area contributed by atoms with Crippen molar-refractivity contribution in [1.82, 2.24) is 19.5 Å². The van der Waals surface area contributed by atoms with Gasteiger partial charge in [-0.2, -0.15) is 0 Å². The van der Waals surface area contributed by atoms with Gasteiger partial charge in [0.2, 0.25) is 0 Å². The van der Waals surface area contributed by atoms with Crippen LogP contribution >= 0.6 is 0 Å². The summed E-state index contributed by atoms with van der Waals surface area (Å²) in [7, 11) is 1.89. The third kappa shape index (κ3) is 4.13. The Balaban J connectivity index is 1.48. The maximum Gasteiger partial charge on any atom is 0.169 e. The number of hydrogen-bond donors (Lipinski definition) is 0. The molecular formula is C26H27N5O. The highest BCUT2D eigenvalue weighted by atomic mass is 16.1. The third-order valence-electron chi connectivity index (χ3n) is 5.24. The molecule has 4 heterocycles. The highest BCUT2D eigenvalue weighted by Gasteiger charge is 2.18. The van der Waals surface area contributed by atoms with Gasteiger partial charge in [-0.3, -0.25) is 9.78 Å². The molecule has 0 amide bonds. The van der Waals surface area contributed by atoms with Gasteiger partial charge in [0.25, 0.3) is 0 Å². The third-order valence-corrected chi connectivity index (χ3v) is 5.24. The lowest BCUT2D eigenvalue weighted by Gasteiger charge is -2.31. The molecule has 32 heavy (non-hydrogen) atoms. The molecule has 5 rings (SSSR count). The number of aryl methyl sites for hydroxylation is 1. The molecule has 0 atom stereocenters. The fourth-order valence-electron chi connectivity index (χ4n) is 3.51. The number of fused-ring (bicyclic) bond motifs is 1. The molecular weight excluding hydrogens is 398 g/mol. The molecule has 6 nitrogen and oxygen atoms in total. The first-order valence-corrected chi connectivity index (χ1v) is 10.1. The molecule has 162 valence electrons. The minimum absolute atomic E-state index is 0.0347. The predicted molar refractivity (Wildman–Crippen MR) is 127 cm³/mol. The predicted octanol–water partition coefficient (Wildman–Crippen LogP) is 4.69. The molecule has 3 aromatic heterocycles. The molecule has 0 aliphatic carbocycles. The fraction of sp³-hybridized carbons (Fsp3) is 0.308. The van der Waals surface area contributed by atoms with Gasteiger partial charge in [0.15, 0.2) is 5.78 Å². The Labute approximate surface area is 200 Å². The summed E-state index contributed by atoms with van der Waals surface area (Å²) in [6, 6.07) is 10.1. The first-order valence-electron chi connectivity index (χ1n) is 14.6. The number of hydrogen-bond acceptors (Lipinski definition) is 5. The van der Waals surface area contributed by atoms with Gasteiger partial charge in [0, 0.05) is 67.0 Å². The Morgan fingerprint density at radius 1 is 1.12 bits per heavy atom. The molecule has 0 spiro atoms. The highest BCUT2D eigenvalue weighted by Crippen LogP contribution is 2.25. The van der Waals surface area contributed by atoms with Crippen molar-refractivity contribution in [3.05, 3.63) is 72.6 Å². The largest absolute Gasteiger partial charge is 0.357 e. The average Bonchev–Trinajstić information content (AvgIpc) is 3.33. The lowest BCUT2D eigenvalue weighted by Crippen LogP contribution is -2.33. The standard InChI is InChI=1S/C26H27N5O/c1-18-6-9-31(10-7-18)26-13-20(5-8-28-26)25(32)14-23-12-22-11-19(3-4-21(22)15-29-23)24-16-27-17-30(24)2/h3-5,8,11-13,15-18H,6-7,9-10,14H2,1-2H3/i6D2,7D2,9D2,10D2,18D. The molecule has 1 aliphatic heterocycles. The van der Waals surface area contributed by atoms with Crippen molar-refractivity contribution in [2.24, 2.45) is 12.9 Å². The number of carbonyl (C=O) groups is 1. The Morgan fingerprint density at radius 2 is 1.97 bits per heavy atom. The highest BCUT2D eigenvalue weighted by molar-refractivity contribution is 5.98. The maximum atomic E-state index is 13.3. The van der Waals surface area contributed by atoms with E-state index in [4.69, 9.17) is 12.3 Å². The monoisotopic (exact) mass is 434 g/mol. The van der Waals surface area contributed by atoms with Crippen LogP contribution in [-0.4, -0.2) is 38.3 Å². The molecule has 1 aromatic carbocycles. The van der Waals surface area contributed by atoms with Crippen LogP contribution in [0.2, 0.25) is 0 Å². The van der Waals surface area contributed by atoms with Gasteiger partial charge in [0.05, 0.1) is 24.6 Å². The Hall–Kier alpha value is -3.54. The minimum atomic E-state index is -3.20. The van der Waals surface area contributed by atoms with Crippen LogP contribution in [0.4, 0.5) is 5.82 Å². The number of aromatic nitrogens is 4. The number of Topliss-reactive ketones (excluding diaryl/α,β-unsaturated/α-hetero) is 1. The average molecular weight is 435 g/mol. The van der Waals surface area contributed by atoms with Crippen LogP contribution in [0, 0.1) is 5.89 Å². The summed E-state index contributed by atoms with van der Waals surface area (Å²) >= 11 is 0. The van der Waals surface area contributed by atoms with E-state index < -0.39 is 43.2 Å². The second-order valence-electron chi connectivity index (χ2n) is 7.56. The zero-order chi connectivity index (χ0) is 30.2. The number of carbonyl (C=O) groups excluding carboxylic acids is 1. The van der Waals surface area contributed by atoms with Crippen molar-refractivity contribution in [2.45, 2.75) is 26.1 Å². The van der Waals surface area contributed by atoms with E-state index in [0.717, 1.165) is 41.2 Å². The van der Waals surface area contributed by atoms with E-state index in [1.807, 2.05) is 29.8 Å². The topological polar surface area (TPSA) is 63.9 Å². The number of anilines is 1. The number of pyridine rings is 2. The molecule has 0 radical (unpaired) electrons. The van der Waals surface area contributed by atoms with E-state index in [1.54, 1.807) is 24.8 Å². The molecule has 1 saturated heterocycles. The van der Waals surface area contributed by atoms with Crippen molar-refractivity contribution in [3.63, 3.8) is 0 Å². The van der Waals surface area contributed by atoms with Gasteiger partial charge in [-0.05, 0) is 48.3 Å². The van der Waals surface area contributed by atoms with Crippen molar-refractivity contribution in [2.75, 3.05) is 17.9 Å². The molecule has 1 aliphatic rings. The van der Waals surface area contributed by atoms with Crippen LogP contribution in [-0.2, 0) is 13.5 Å². The first kappa shape index (κ1) is 12.5. The van der Waals surface area contributed by atoms with E-state index in [0.29, 0.717) is 5.69 Å². The Kier molecular flexibility index (Phi) is 3.33. The SMILES string of the molecule is [2H]C1([2H])N(c2cc(C(=O)Cc3cc4cc(-c5cncn5C)ccc4cn3)ccn2)C([2H])([2H])C([2H])([2H])C([2H])(C)C1([2H])[2H]. The Bertz CT molecular complexity index is 1640. The number of rotatable bonds is 5. The summed E-state index contributed by atoms with van der Waals surface area (Å²) < 4.78 is 77.4. The number of ketones is 1. The maximum absolute atomic E-state index is 13.3. The fourth-order valence-corrected chi connectivity index (χ4v) is 3.51. The summed E-state index contributed by atoms with van der Waals surface area (Å²) in [6.07, 6.45) is -0.206. The second-order valence-corrected chi connectivity index (χ2v) is 7.56. The lowest BCUT2D eigenvalue weighted by atomic mass is 9.99. The first-order chi connectivity index (χ1) is 18.9. The number of nitrogens with zero attached hydrogens (tertiary/aromatic N) is 5. The van der Waals surface area contributed by atoms with Crippen LogP contribution in [0.5, 0.6) is 0 Å². The van der Waals surface area contributed by atoms with Crippen LogP contribution in [0.15, 0.2) is 61.3 Å². The van der Waals surface area contributed by atoms with Gasteiger partial charge in [-0.25, -0.2) is 9.97 Å². The molecule has 1 fully saturated rings. The van der Waals surface area contributed by atoms with E-state index in [2.05, 4.69) is 15.0 Å². The number of piperidine rings is 1. The van der Waals surface area contributed by atoms with E-state index in [1.165, 1.54) is 6.07 Å². The molecule has 0 bridgehead atoms. The molecule has 6 heteroatoms. The zero-order valence-corrected chi connectivity index (χ0v) is 17.6. The van der Waals surface area contributed by atoms with Gasteiger partial charge >= 0.3 is 0 Å². The van der Waals surface area contributed by atoms with Crippen LogP contribution < -0.4 is 4.90 Å². The van der Waals surface area contributed by atoms with E-state index in [9.17, 15) is 4.79 Å². The van der Waals surface area contributed by atoms with Crippen molar-refractivity contribution < 1.29 is 17.1 Å². The summed E-state index contributed by atoms with van der Waals surface area (Å²) in [5.41, 5.74) is 2.35. The van der Waals surface area contributed by atoms with Gasteiger partial charge in [-0.15, -0.1) is 0 Å². The second kappa shape index (κ2) is 8.54. The van der Waals surface area contributed by atoms with Gasteiger partial charge in [0.1, 0.15) is 5.82 Å². The normalized spacial score (nSPS) is 26.2. The van der Waals surface area contributed by atoms with E-state index in [-0.39, 0.29) is 16.9 Å². The summed E-state index contributed by atoms with van der Waals surface area (Å²) in [5, 5.41) is 1.73. The molecule has 0 N–H and O–H groups in total. The summed E-state index contributed by atoms with van der Waals surface area (Å²) in [5.74, 6) is -3.70. The summed E-state index contributed by atoms with van der Waals surface area (Å²) in [4.78, 5) is 26.1. The van der Waals surface area contributed by atoms with Crippen LogP contribution in [0.25, 0.3) is 22.0 Å². The summed E-state index contributed by atoms with van der Waals surface area (Å²) in [6.45, 7) is -5.55. The quantitative estimate of drug-likeness (QED) is 0.426. The lowest BCUT2D eigenvalue weighted by molar-refractivity contribution is 0.0992. The number of imidazole rings is 1. The van der Waals surface area contributed by atoms with Crippen LogP contribution in [0.1, 0.15) is 48.1 Å². The van der Waals surface area contributed by atoms with Crippen LogP contribution in [0.3, 0.4) is 0 Å². The van der Waals surface area contributed by atoms with E-state index >= 15 is 0 Å². The van der Waals surface area contributed by atoms with Crippen molar-refractivity contribution in [3.8, 4) is 11.3 Å². The van der Waals surface area contributed by atoms with Crippen molar-refractivity contribution in [1.29, 1.82) is 0 Å². The molecule has 4 aromatic rings. The van der Waals surface area contributed by atoms with Gasteiger partial charge < -0.3 is 9.47 Å². The zero-order valence-electron chi connectivity index (χ0n) is 26.6. The van der Waals surface area contributed by atoms with Gasteiger partial charge in [-0.1, -0.05) is 19.1 Å². The Morgan fingerprint density at radius 3 is 2.75 bits per heavy atom. The smallest absolute Gasteiger partial charge is 0.169 e. The minimum Gasteiger partial charge on any atom is -0.357 e.